The minimum atomic E-state index is -0.584. The molecule has 4 aromatic rings. The summed E-state index contributed by atoms with van der Waals surface area (Å²) in [6.07, 6.45) is 0. The number of nitrogens with one attached hydrogen (secondary N) is 2. The number of thiazole rings is 1. The highest BCUT2D eigenvalue weighted by molar-refractivity contribution is 7.29. The molecule has 0 atom stereocenters. The summed E-state index contributed by atoms with van der Waals surface area (Å²) in [5.74, 6) is -1.08. The molecule has 2 N–H and O–H groups in total. The number of amides is 1. The normalized spacial score (nSPS) is 10.4. The van der Waals surface area contributed by atoms with Gasteiger partial charge in [-0.2, -0.15) is 5.26 Å². The SMILES string of the molecule is N#Cc1ccsc1NC(=O)COC(=O)c1cc2sc(Nc3ccccc3)nc2s1. The summed E-state index contributed by atoms with van der Waals surface area (Å²) in [6, 6.07) is 15.0. The maximum Gasteiger partial charge on any atom is 0.348 e. The molecule has 29 heavy (non-hydrogen) atoms. The van der Waals surface area contributed by atoms with Crippen molar-refractivity contribution < 1.29 is 14.3 Å². The van der Waals surface area contributed by atoms with E-state index in [9.17, 15) is 9.59 Å². The molecule has 0 aliphatic rings. The van der Waals surface area contributed by atoms with Crippen LogP contribution in [0, 0.1) is 11.3 Å². The Kier molecular flexibility index (Phi) is 5.53. The molecule has 3 aromatic heterocycles. The minimum Gasteiger partial charge on any atom is -0.451 e. The summed E-state index contributed by atoms with van der Waals surface area (Å²) in [7, 11) is 0. The van der Waals surface area contributed by atoms with Crippen LogP contribution < -0.4 is 10.6 Å². The van der Waals surface area contributed by atoms with Gasteiger partial charge in [0.05, 0.1) is 10.3 Å². The number of fused-ring (bicyclic) bond motifs is 1. The largest absolute Gasteiger partial charge is 0.451 e. The molecule has 0 bridgehead atoms. The monoisotopic (exact) mass is 440 g/mol. The molecule has 7 nitrogen and oxygen atoms in total. The van der Waals surface area contributed by atoms with E-state index in [2.05, 4.69) is 15.6 Å². The Morgan fingerprint density at radius 2 is 2.00 bits per heavy atom. The number of carbonyl (C=O) groups excluding carboxylic acids is 2. The van der Waals surface area contributed by atoms with E-state index in [1.807, 2.05) is 36.4 Å². The Morgan fingerprint density at radius 1 is 1.17 bits per heavy atom. The summed E-state index contributed by atoms with van der Waals surface area (Å²) >= 11 is 3.88. The summed E-state index contributed by atoms with van der Waals surface area (Å²) in [5.41, 5.74) is 1.31. The van der Waals surface area contributed by atoms with Crippen LogP contribution in [0.15, 0.2) is 47.8 Å². The van der Waals surface area contributed by atoms with Gasteiger partial charge >= 0.3 is 5.97 Å². The van der Waals surface area contributed by atoms with E-state index in [-0.39, 0.29) is 0 Å². The first kappa shape index (κ1) is 19.1. The number of ether oxygens (including phenoxy) is 1. The lowest BCUT2D eigenvalue weighted by Gasteiger charge is -2.04. The molecule has 1 amide bonds. The number of nitrogens with zero attached hydrogens (tertiary/aromatic N) is 2. The number of thiophene rings is 2. The summed E-state index contributed by atoms with van der Waals surface area (Å²) in [4.78, 5) is 29.8. The highest BCUT2D eigenvalue weighted by atomic mass is 32.1. The second-order valence-electron chi connectivity index (χ2n) is 5.69. The highest BCUT2D eigenvalue weighted by Gasteiger charge is 2.17. The van der Waals surface area contributed by atoms with Gasteiger partial charge in [-0.3, -0.25) is 4.79 Å². The number of rotatable bonds is 6. The van der Waals surface area contributed by atoms with Crippen LogP contribution in [0.2, 0.25) is 0 Å². The van der Waals surface area contributed by atoms with Gasteiger partial charge in [0.15, 0.2) is 11.7 Å². The topological polar surface area (TPSA) is 104 Å². The Labute approximate surface area is 177 Å². The van der Waals surface area contributed by atoms with Gasteiger partial charge in [0.1, 0.15) is 20.8 Å². The van der Waals surface area contributed by atoms with Crippen molar-refractivity contribution in [2.75, 3.05) is 17.2 Å². The predicted molar refractivity (Wildman–Crippen MR) is 115 cm³/mol. The number of nitriles is 1. The smallest absolute Gasteiger partial charge is 0.348 e. The molecule has 0 saturated carbocycles. The van der Waals surface area contributed by atoms with E-state index >= 15 is 0 Å². The molecule has 1 aromatic carbocycles. The summed E-state index contributed by atoms with van der Waals surface area (Å²) in [5, 5.41) is 17.6. The molecule has 10 heteroatoms. The van der Waals surface area contributed by atoms with E-state index in [1.54, 1.807) is 17.5 Å². The van der Waals surface area contributed by atoms with Crippen molar-refractivity contribution in [3.8, 4) is 6.07 Å². The Bertz CT molecular complexity index is 1190. The van der Waals surface area contributed by atoms with Crippen molar-refractivity contribution >= 4 is 71.2 Å². The van der Waals surface area contributed by atoms with Gasteiger partial charge in [-0.25, -0.2) is 9.78 Å². The van der Waals surface area contributed by atoms with Gasteiger partial charge in [0.2, 0.25) is 0 Å². The lowest BCUT2D eigenvalue weighted by molar-refractivity contribution is -0.119. The first-order valence-electron chi connectivity index (χ1n) is 8.29. The van der Waals surface area contributed by atoms with E-state index in [1.165, 1.54) is 34.0 Å². The zero-order valence-electron chi connectivity index (χ0n) is 14.7. The molecule has 0 fully saturated rings. The zero-order valence-corrected chi connectivity index (χ0v) is 17.1. The molecule has 0 aliphatic carbocycles. The molecule has 0 spiro atoms. The molecular weight excluding hydrogens is 428 g/mol. The number of para-hydroxylation sites is 1. The van der Waals surface area contributed by atoms with E-state index < -0.39 is 18.5 Å². The van der Waals surface area contributed by atoms with Crippen LogP contribution in [0.4, 0.5) is 15.8 Å². The average Bonchev–Trinajstić information content (AvgIpc) is 3.41. The summed E-state index contributed by atoms with van der Waals surface area (Å²) < 4.78 is 5.94. The number of aromatic nitrogens is 1. The molecular formula is C19H12N4O3S3. The van der Waals surface area contributed by atoms with Crippen molar-refractivity contribution in [2.45, 2.75) is 0 Å². The molecule has 4 rings (SSSR count). The first-order chi connectivity index (χ1) is 14.1. The Balaban J connectivity index is 1.35. The Hall–Kier alpha value is -3.26. The lowest BCUT2D eigenvalue weighted by atomic mass is 10.3. The highest BCUT2D eigenvalue weighted by Crippen LogP contribution is 2.34. The second kappa shape index (κ2) is 8.40. The number of benzene rings is 1. The molecule has 0 radical (unpaired) electrons. The third kappa shape index (κ3) is 4.43. The predicted octanol–water partition coefficient (Wildman–Crippen LogP) is 4.83. The van der Waals surface area contributed by atoms with Gasteiger partial charge < -0.3 is 15.4 Å². The molecule has 0 saturated heterocycles. The van der Waals surface area contributed by atoms with Crippen LogP contribution in [0.25, 0.3) is 9.53 Å². The fourth-order valence-corrected chi connectivity index (χ4v) is 5.18. The number of carbonyl (C=O) groups is 2. The van der Waals surface area contributed by atoms with Crippen LogP contribution >= 0.6 is 34.0 Å². The number of anilines is 3. The van der Waals surface area contributed by atoms with Gasteiger partial charge in [-0.05, 0) is 29.6 Å². The third-order valence-electron chi connectivity index (χ3n) is 3.69. The fourth-order valence-electron chi connectivity index (χ4n) is 2.39. The Morgan fingerprint density at radius 3 is 2.76 bits per heavy atom. The van der Waals surface area contributed by atoms with Gasteiger partial charge in [-0.15, -0.1) is 22.7 Å². The lowest BCUT2D eigenvalue weighted by Crippen LogP contribution is -2.20. The standard InChI is InChI=1S/C19H12N4O3S3/c20-9-11-6-7-27-16(11)22-15(24)10-26-18(25)14-8-13-17(28-14)23-19(29-13)21-12-4-2-1-3-5-12/h1-8H,10H2,(H,21,23)(H,22,24). The van der Waals surface area contributed by atoms with Crippen molar-refractivity contribution in [3.63, 3.8) is 0 Å². The van der Waals surface area contributed by atoms with Crippen LogP contribution in [0.5, 0.6) is 0 Å². The molecule has 144 valence electrons. The number of esters is 1. The molecule has 0 unspecified atom stereocenters. The van der Waals surface area contributed by atoms with Gasteiger partial charge in [0, 0.05) is 5.69 Å². The average molecular weight is 441 g/mol. The summed E-state index contributed by atoms with van der Waals surface area (Å²) in [6.45, 7) is -0.429. The third-order valence-corrected chi connectivity index (χ3v) is 6.57. The van der Waals surface area contributed by atoms with Crippen LogP contribution in [-0.4, -0.2) is 23.5 Å². The van der Waals surface area contributed by atoms with E-state index in [0.717, 1.165) is 20.3 Å². The minimum absolute atomic E-state index is 0.374. The van der Waals surface area contributed by atoms with Crippen LogP contribution in [-0.2, 0) is 9.53 Å². The van der Waals surface area contributed by atoms with Crippen molar-refractivity contribution in [1.29, 1.82) is 5.26 Å². The maximum atomic E-state index is 12.2. The van der Waals surface area contributed by atoms with Crippen molar-refractivity contribution in [3.05, 3.63) is 58.3 Å². The van der Waals surface area contributed by atoms with Gasteiger partial charge in [-0.1, -0.05) is 29.5 Å². The zero-order chi connectivity index (χ0) is 20.2. The molecule has 0 aliphatic heterocycles. The van der Waals surface area contributed by atoms with Crippen molar-refractivity contribution in [1.82, 2.24) is 4.98 Å². The van der Waals surface area contributed by atoms with Crippen LogP contribution in [0.3, 0.4) is 0 Å². The quantitative estimate of drug-likeness (QED) is 0.416. The first-order valence-corrected chi connectivity index (χ1v) is 10.8. The second-order valence-corrected chi connectivity index (χ2v) is 8.67. The van der Waals surface area contributed by atoms with E-state index in [4.69, 9.17) is 10.00 Å². The van der Waals surface area contributed by atoms with Crippen LogP contribution in [0.1, 0.15) is 15.2 Å². The van der Waals surface area contributed by atoms with Gasteiger partial charge in [0.25, 0.3) is 5.91 Å². The van der Waals surface area contributed by atoms with E-state index in [0.29, 0.717) is 15.4 Å². The fraction of sp³-hybridized carbons (Fsp3) is 0.0526. The molecule has 3 heterocycles. The van der Waals surface area contributed by atoms with Crippen molar-refractivity contribution in [2.24, 2.45) is 0 Å². The number of hydrogen-bond donors (Lipinski definition) is 2. The maximum absolute atomic E-state index is 12.2. The number of hydrogen-bond acceptors (Lipinski definition) is 9.